The van der Waals surface area contributed by atoms with Crippen LogP contribution in [0.15, 0.2) is 255 Å². The van der Waals surface area contributed by atoms with E-state index in [0.29, 0.717) is 27.9 Å². The first kappa shape index (κ1) is 101. The number of amides is 2. The molecule has 25 nitrogen and oxygen atoms in total. The summed E-state index contributed by atoms with van der Waals surface area (Å²) in [5.74, 6) is -12.1. The number of halogens is 6. The number of Topliss-reactive ketones (excluding diaryl/α,β-unsaturated/α-hetero) is 9. The number of alkyl halides is 2. The van der Waals surface area contributed by atoms with E-state index in [0.717, 1.165) is 17.7 Å². The van der Waals surface area contributed by atoms with E-state index < -0.39 is 88.7 Å². The van der Waals surface area contributed by atoms with E-state index in [1.54, 1.807) is 84.9 Å². The van der Waals surface area contributed by atoms with Gasteiger partial charge in [0.15, 0.2) is 52.0 Å². The minimum absolute atomic E-state index is 0.0201. The van der Waals surface area contributed by atoms with Crippen LogP contribution in [0.3, 0.4) is 0 Å². The van der Waals surface area contributed by atoms with Crippen LogP contribution in [0, 0.1) is 64.2 Å². The van der Waals surface area contributed by atoms with Crippen molar-refractivity contribution in [3.8, 4) is 24.0 Å². The lowest BCUT2D eigenvalue weighted by Crippen LogP contribution is -2.17. The van der Waals surface area contributed by atoms with Crippen LogP contribution in [0.2, 0.25) is 0 Å². The lowest BCUT2D eigenvalue weighted by molar-refractivity contribution is -0.0504. The van der Waals surface area contributed by atoms with Crippen LogP contribution in [0.4, 0.5) is 37.7 Å². The Labute approximate surface area is 749 Å². The van der Waals surface area contributed by atoms with E-state index in [4.69, 9.17) is 36.2 Å². The van der Waals surface area contributed by atoms with E-state index >= 15 is 0 Å². The topological polar surface area (TPSA) is 442 Å². The molecule has 0 aliphatic carbocycles. The highest BCUT2D eigenvalue weighted by molar-refractivity contribution is 6.14. The van der Waals surface area contributed by atoms with Gasteiger partial charge in [-0.15, -0.1) is 0 Å². The van der Waals surface area contributed by atoms with Crippen molar-refractivity contribution < 1.29 is 123 Å². The molecular formula is C101H75F6N5O20. The molecule has 12 rings (SSSR count). The zero-order chi connectivity index (χ0) is 97.3. The molecule has 12 aromatic rings. The van der Waals surface area contributed by atoms with E-state index in [9.17, 15) is 98.3 Å². The molecule has 0 bridgehead atoms. The summed E-state index contributed by atoms with van der Waals surface area (Å²) in [6.07, 6.45) is -0.874. The summed E-state index contributed by atoms with van der Waals surface area (Å²) in [7, 11) is 0. The Morgan fingerprint density at radius 1 is 0.326 bits per heavy atom. The highest BCUT2D eigenvalue weighted by Crippen LogP contribution is 2.28. The van der Waals surface area contributed by atoms with E-state index in [1.807, 2.05) is 19.1 Å². The zero-order valence-corrected chi connectivity index (χ0v) is 70.6. The molecular weight excluding hydrogens is 1720 g/mol. The number of ether oxygens (including phenoxy) is 1. The predicted molar refractivity (Wildman–Crippen MR) is 469 cm³/mol. The van der Waals surface area contributed by atoms with Crippen molar-refractivity contribution in [1.82, 2.24) is 0 Å². The van der Waals surface area contributed by atoms with Crippen molar-refractivity contribution in [2.24, 2.45) is 0 Å². The number of hydrogen-bond donors (Lipinski definition) is 6. The van der Waals surface area contributed by atoms with E-state index in [-0.39, 0.29) is 166 Å². The zero-order valence-electron chi connectivity index (χ0n) is 70.6. The Bertz CT molecular complexity index is 6630. The smallest absolute Gasteiger partial charge is 0.387 e. The molecule has 0 saturated heterocycles. The number of aromatic carboxylic acids is 4. The quantitative estimate of drug-likeness (QED) is 0.0206. The Kier molecular flexibility index (Phi) is 37.0. The largest absolute Gasteiger partial charge is 0.478 e. The maximum absolute atomic E-state index is 13.9. The number of aryl methyl sites for hydroxylation is 1. The third-order valence-electron chi connectivity index (χ3n) is 19.0. The number of anilines is 2. The van der Waals surface area contributed by atoms with Crippen LogP contribution >= 0.6 is 0 Å². The molecule has 31 heteroatoms. The number of nitrogens with one attached hydrogen (secondary N) is 2. The van der Waals surface area contributed by atoms with Gasteiger partial charge in [0.05, 0.1) is 73.1 Å². The van der Waals surface area contributed by atoms with E-state index in [2.05, 4.69) is 15.4 Å². The van der Waals surface area contributed by atoms with Gasteiger partial charge in [-0.3, -0.25) is 52.7 Å². The van der Waals surface area contributed by atoms with Gasteiger partial charge in [-0.2, -0.15) is 24.6 Å². The van der Waals surface area contributed by atoms with Crippen LogP contribution in [0.1, 0.15) is 234 Å². The molecule has 2 amide bonds. The number of carbonyl (C=O) groups is 15. The maximum Gasteiger partial charge on any atom is 0.387 e. The van der Waals surface area contributed by atoms with Crippen molar-refractivity contribution in [2.75, 3.05) is 10.6 Å². The fourth-order valence-electron chi connectivity index (χ4n) is 12.5. The average Bonchev–Trinajstić information content (AvgIpc) is 0.854. The second-order valence-corrected chi connectivity index (χ2v) is 28.3. The first-order chi connectivity index (χ1) is 62.7. The lowest BCUT2D eigenvalue weighted by atomic mass is 9.95. The van der Waals surface area contributed by atoms with Crippen LogP contribution in [0.5, 0.6) is 5.75 Å². The SMILES string of the molecule is CC(=O)c1cc(CC(=O)c2ccccc2C(=O)O)ccc1F.CC(=O)c1ccc(F)c(CC(=O)c2ccccc2C(C)=O)c1.CC(=O)c1ccc(OC(F)F)c(CC(=O)c2ccccc2C(C)=O)c1.Cc1ccc(NC(=O)c2ccccc2C(=O)O)c(C#N)c1.N#Cc1ccc(F)c(NC(=O)c2ccccc2C(=O)O)c1.N#Cc1cccc(CC(=O)c2ccccc2C(=O)O)c1F. The Hall–Kier alpha value is -17.7. The number of rotatable bonds is 27. The van der Waals surface area contributed by atoms with Gasteiger partial charge in [0.2, 0.25) is 0 Å². The second-order valence-electron chi connectivity index (χ2n) is 28.3. The van der Waals surface area contributed by atoms with E-state index in [1.165, 1.54) is 198 Å². The molecule has 0 unspecified atom stereocenters. The van der Waals surface area contributed by atoms with Crippen LogP contribution in [-0.2, 0) is 25.7 Å². The molecule has 6 N–H and O–H groups in total. The second kappa shape index (κ2) is 48.2. The molecule has 132 heavy (non-hydrogen) atoms. The highest BCUT2D eigenvalue weighted by atomic mass is 19.3. The van der Waals surface area contributed by atoms with Crippen molar-refractivity contribution in [2.45, 2.75) is 73.8 Å². The van der Waals surface area contributed by atoms with Crippen LogP contribution in [-0.4, -0.2) is 115 Å². The Morgan fingerprint density at radius 3 is 1.12 bits per heavy atom. The number of carbonyl (C=O) groups excluding carboxylic acids is 11. The first-order valence-corrected chi connectivity index (χ1v) is 39.0. The molecule has 0 saturated carbocycles. The number of carboxylic acid groups (broad SMARTS) is 4. The monoisotopic (exact) mass is 1790 g/mol. The summed E-state index contributed by atoms with van der Waals surface area (Å²) in [5.41, 5.74) is 3.44. The molecule has 0 aliphatic rings. The standard InChI is InChI=1S/C19H16F2O4.C18H15FO3.C17H13FO4.C16H10FNO3.C16H12N2O3.C15H9FN2O3/c1-11(22)13-7-8-18(25-19(20)21)14(9-13)10-17(24)16-6-4-3-5-15(16)12(2)23;1-11(20)13-7-8-17(19)14(9-13)10-18(22)16-6-4-3-5-15(16)12(2)21;1-10(19)14-8-11(6-7-15(14)18)9-16(20)12-4-2-3-5-13(12)17(21)22;17-15-10(4-3-5-11(15)9-18)8-14(19)12-6-1-2-7-13(12)16(20)21;1-10-6-7-14(11(8-10)9-17)18-15(19)12-4-2-3-5-13(12)16(20)21;16-12-6-5-9(8-17)7-13(12)18-14(19)10-3-1-2-4-11(10)15(20)21/h3-9,19H,10H2,1-2H3;3-9H,10H2,1-2H3;2-8H,9H2,1H3,(H,21,22);1-7H,8H2,(H,20,21);2-8H,1H3,(H,18,19)(H,20,21);1-7H,(H,18,19)(H,20,21). The van der Waals surface area contributed by atoms with Gasteiger partial charge in [-0.05, 0) is 185 Å². The summed E-state index contributed by atoms with van der Waals surface area (Å²) < 4.78 is 84.4. The van der Waals surface area contributed by atoms with Crippen molar-refractivity contribution in [1.29, 1.82) is 15.8 Å². The molecule has 0 heterocycles. The van der Waals surface area contributed by atoms with Crippen molar-refractivity contribution >= 4 is 99.1 Å². The summed E-state index contributed by atoms with van der Waals surface area (Å²) in [6, 6.07) is 65.9. The van der Waals surface area contributed by atoms with Crippen molar-refractivity contribution in [3.05, 3.63) is 406 Å². The van der Waals surface area contributed by atoms with Gasteiger partial charge >= 0.3 is 30.5 Å². The average molecular weight is 1790 g/mol. The number of hydrogen-bond acceptors (Lipinski definition) is 19. The molecule has 0 aliphatic heterocycles. The van der Waals surface area contributed by atoms with Gasteiger partial charge in [0, 0.05) is 75.8 Å². The highest BCUT2D eigenvalue weighted by Gasteiger charge is 2.26. The number of ketones is 9. The third-order valence-corrected chi connectivity index (χ3v) is 19.0. The molecule has 12 aromatic carbocycles. The minimum Gasteiger partial charge on any atom is -0.478 e. The van der Waals surface area contributed by atoms with Gasteiger partial charge in [-0.25, -0.2) is 36.7 Å². The number of nitrogens with zero attached hydrogens (tertiary/aromatic N) is 3. The summed E-state index contributed by atoms with van der Waals surface area (Å²) in [4.78, 5) is 175. The molecule has 0 radical (unpaired) electrons. The maximum atomic E-state index is 13.9. The molecule has 0 aromatic heterocycles. The summed E-state index contributed by atoms with van der Waals surface area (Å²) in [6.45, 7) is 5.46. The number of nitriles is 3. The Morgan fingerprint density at radius 2 is 0.697 bits per heavy atom. The van der Waals surface area contributed by atoms with Crippen LogP contribution in [0.25, 0.3) is 0 Å². The normalized spacial score (nSPS) is 10.1. The summed E-state index contributed by atoms with van der Waals surface area (Å²) >= 11 is 0. The van der Waals surface area contributed by atoms with Gasteiger partial charge < -0.3 is 35.8 Å². The third kappa shape index (κ3) is 28.4. The van der Waals surface area contributed by atoms with Gasteiger partial charge in [0.1, 0.15) is 41.2 Å². The fraction of sp³-hybridized carbons (Fsp3) is 0.109. The van der Waals surface area contributed by atoms with Crippen molar-refractivity contribution in [3.63, 3.8) is 0 Å². The Balaban J connectivity index is 0.000000217. The lowest BCUT2D eigenvalue weighted by Gasteiger charge is -2.12. The molecule has 666 valence electrons. The van der Waals surface area contributed by atoms with Crippen LogP contribution < -0.4 is 15.4 Å². The molecule has 0 fully saturated rings. The predicted octanol–water partition coefficient (Wildman–Crippen LogP) is 19.2. The summed E-state index contributed by atoms with van der Waals surface area (Å²) in [5, 5.41) is 67.7. The molecule has 0 spiro atoms. The van der Waals surface area contributed by atoms with Gasteiger partial charge in [0.25, 0.3) is 11.8 Å². The minimum atomic E-state index is -3.05. The number of carboxylic acids is 4. The fourth-order valence-corrected chi connectivity index (χ4v) is 12.5. The van der Waals surface area contributed by atoms with Gasteiger partial charge in [-0.1, -0.05) is 133 Å². The number of benzene rings is 12. The molecule has 0 atom stereocenters. The first-order valence-electron chi connectivity index (χ1n) is 39.0.